The second kappa shape index (κ2) is 9.81. The molecule has 25 heavy (non-hydrogen) atoms. The third-order valence-electron chi connectivity index (χ3n) is 4.96. The van der Waals surface area contributed by atoms with Gasteiger partial charge in [-0.3, -0.25) is 4.99 Å². The highest BCUT2D eigenvalue weighted by atomic mass is 15.2. The van der Waals surface area contributed by atoms with Crippen LogP contribution in [-0.2, 0) is 0 Å². The predicted molar refractivity (Wildman–Crippen MR) is 108 cm³/mol. The third-order valence-corrected chi connectivity index (χ3v) is 4.96. The van der Waals surface area contributed by atoms with Crippen molar-refractivity contribution in [3.63, 3.8) is 0 Å². The summed E-state index contributed by atoms with van der Waals surface area (Å²) in [6.45, 7) is 13.5. The Morgan fingerprint density at radius 3 is 2.56 bits per heavy atom. The molecule has 1 atom stereocenters. The van der Waals surface area contributed by atoms with E-state index < -0.39 is 0 Å². The van der Waals surface area contributed by atoms with Gasteiger partial charge in [-0.15, -0.1) is 0 Å². The van der Waals surface area contributed by atoms with Crippen LogP contribution in [0.3, 0.4) is 0 Å². The average molecular weight is 345 g/mol. The second-order valence-corrected chi connectivity index (χ2v) is 7.88. The summed E-state index contributed by atoms with van der Waals surface area (Å²) in [6.07, 6.45) is 2.39. The average Bonchev–Trinajstić information content (AvgIpc) is 2.59. The Kier molecular flexibility index (Phi) is 7.76. The highest BCUT2D eigenvalue weighted by molar-refractivity contribution is 5.80. The lowest BCUT2D eigenvalue weighted by Crippen LogP contribution is -2.49. The molecular formula is C21H36N4. The van der Waals surface area contributed by atoms with E-state index in [0.29, 0.717) is 12.0 Å². The molecule has 1 unspecified atom stereocenters. The topological polar surface area (TPSA) is 39.7 Å². The van der Waals surface area contributed by atoms with E-state index in [0.717, 1.165) is 18.4 Å². The van der Waals surface area contributed by atoms with Gasteiger partial charge >= 0.3 is 0 Å². The van der Waals surface area contributed by atoms with E-state index in [1.807, 2.05) is 7.05 Å². The van der Waals surface area contributed by atoms with Crippen molar-refractivity contribution in [2.45, 2.75) is 52.5 Å². The largest absolute Gasteiger partial charge is 0.356 e. The number of likely N-dealkylation sites (tertiary alicyclic amines) is 1. The van der Waals surface area contributed by atoms with E-state index in [1.165, 1.54) is 43.6 Å². The van der Waals surface area contributed by atoms with E-state index in [-0.39, 0.29) is 0 Å². The van der Waals surface area contributed by atoms with E-state index in [2.05, 4.69) is 72.5 Å². The molecule has 1 fully saturated rings. The molecule has 0 amide bonds. The molecule has 1 aliphatic heterocycles. The maximum atomic E-state index is 4.41. The number of hydrogen-bond acceptors (Lipinski definition) is 2. The van der Waals surface area contributed by atoms with E-state index in [9.17, 15) is 0 Å². The number of nitrogens with zero attached hydrogens (tertiary/aromatic N) is 2. The Balaban J connectivity index is 1.76. The number of aliphatic imine (C=N–C) groups is 1. The maximum absolute atomic E-state index is 4.41. The first-order chi connectivity index (χ1) is 12.0. The molecule has 1 aliphatic rings. The van der Waals surface area contributed by atoms with Gasteiger partial charge in [-0.05, 0) is 37.2 Å². The molecule has 2 N–H and O–H groups in total. The highest BCUT2D eigenvalue weighted by Gasteiger charge is 2.20. The minimum absolute atomic E-state index is 0.464. The molecule has 0 saturated carbocycles. The van der Waals surface area contributed by atoms with Gasteiger partial charge in [-0.2, -0.15) is 0 Å². The standard InChI is InChI=1S/C21H36N4/c1-16(2)15-25-11-9-20(10-12-25)24-21(22-5)23-14-18(4)19-8-6-7-17(3)13-19/h6-8,13,16,18,20H,9-12,14-15H2,1-5H3,(H2,22,23,24). The molecule has 1 heterocycles. The van der Waals surface area contributed by atoms with Crippen LogP contribution in [0.5, 0.6) is 0 Å². The first-order valence-electron chi connectivity index (χ1n) is 9.74. The van der Waals surface area contributed by atoms with Crippen LogP contribution in [0.1, 0.15) is 50.7 Å². The number of nitrogens with one attached hydrogen (secondary N) is 2. The number of rotatable bonds is 6. The fourth-order valence-electron chi connectivity index (χ4n) is 3.51. The lowest BCUT2D eigenvalue weighted by atomic mass is 9.99. The van der Waals surface area contributed by atoms with Gasteiger partial charge in [0.2, 0.25) is 0 Å². The molecule has 4 nitrogen and oxygen atoms in total. The van der Waals surface area contributed by atoms with Crippen LogP contribution in [-0.4, -0.2) is 50.1 Å². The fourth-order valence-corrected chi connectivity index (χ4v) is 3.51. The van der Waals surface area contributed by atoms with Crippen molar-refractivity contribution in [3.05, 3.63) is 35.4 Å². The highest BCUT2D eigenvalue weighted by Crippen LogP contribution is 2.16. The van der Waals surface area contributed by atoms with Crippen LogP contribution in [0.2, 0.25) is 0 Å². The molecule has 4 heteroatoms. The lowest BCUT2D eigenvalue weighted by Gasteiger charge is -2.34. The summed E-state index contributed by atoms with van der Waals surface area (Å²) in [7, 11) is 1.86. The van der Waals surface area contributed by atoms with Gasteiger partial charge in [0.15, 0.2) is 5.96 Å². The monoisotopic (exact) mass is 344 g/mol. The molecule has 0 bridgehead atoms. The van der Waals surface area contributed by atoms with Gasteiger partial charge in [0.05, 0.1) is 0 Å². The summed E-state index contributed by atoms with van der Waals surface area (Å²) < 4.78 is 0. The zero-order chi connectivity index (χ0) is 18.2. The molecule has 0 aromatic heterocycles. The molecule has 2 rings (SSSR count). The van der Waals surface area contributed by atoms with E-state index in [1.54, 1.807) is 0 Å². The molecule has 140 valence electrons. The summed E-state index contributed by atoms with van der Waals surface area (Å²) >= 11 is 0. The van der Waals surface area contributed by atoms with Gasteiger partial charge in [0.25, 0.3) is 0 Å². The predicted octanol–water partition coefficient (Wildman–Crippen LogP) is 3.38. The van der Waals surface area contributed by atoms with Crippen molar-refractivity contribution in [3.8, 4) is 0 Å². The first kappa shape index (κ1) is 19.8. The third kappa shape index (κ3) is 6.69. The van der Waals surface area contributed by atoms with E-state index >= 15 is 0 Å². The normalized spacial score (nSPS) is 18.4. The maximum Gasteiger partial charge on any atom is 0.191 e. The van der Waals surface area contributed by atoms with Crippen LogP contribution in [0.4, 0.5) is 0 Å². The minimum atomic E-state index is 0.464. The Morgan fingerprint density at radius 1 is 1.24 bits per heavy atom. The van der Waals surface area contributed by atoms with Gasteiger partial charge in [-0.25, -0.2) is 0 Å². The van der Waals surface area contributed by atoms with Gasteiger partial charge in [0, 0.05) is 39.3 Å². The first-order valence-corrected chi connectivity index (χ1v) is 9.74. The summed E-state index contributed by atoms with van der Waals surface area (Å²) in [4.78, 5) is 7.00. The zero-order valence-corrected chi connectivity index (χ0v) is 16.7. The van der Waals surface area contributed by atoms with Crippen molar-refractivity contribution in [2.75, 3.05) is 33.2 Å². The Labute approximate surface area is 154 Å². The molecule has 0 radical (unpaired) electrons. The SMILES string of the molecule is CN=C(NCC(C)c1cccc(C)c1)NC1CCN(CC(C)C)CC1. The van der Waals surface area contributed by atoms with Crippen molar-refractivity contribution >= 4 is 5.96 Å². The van der Waals surface area contributed by atoms with Crippen molar-refractivity contribution in [2.24, 2.45) is 10.9 Å². The van der Waals surface area contributed by atoms with E-state index in [4.69, 9.17) is 0 Å². The smallest absolute Gasteiger partial charge is 0.191 e. The van der Waals surface area contributed by atoms with Crippen LogP contribution in [0, 0.1) is 12.8 Å². The number of benzene rings is 1. The van der Waals surface area contributed by atoms with Crippen LogP contribution in [0.15, 0.2) is 29.3 Å². The molecular weight excluding hydrogens is 308 g/mol. The Hall–Kier alpha value is -1.55. The summed E-state index contributed by atoms with van der Waals surface area (Å²) in [5, 5.41) is 7.11. The molecule has 0 spiro atoms. The molecule has 1 saturated heterocycles. The van der Waals surface area contributed by atoms with Gasteiger partial charge in [-0.1, -0.05) is 50.6 Å². The van der Waals surface area contributed by atoms with Gasteiger partial charge in [0.1, 0.15) is 0 Å². The summed E-state index contributed by atoms with van der Waals surface area (Å²) in [5.74, 6) is 2.15. The fraction of sp³-hybridized carbons (Fsp3) is 0.667. The minimum Gasteiger partial charge on any atom is -0.356 e. The number of guanidine groups is 1. The number of hydrogen-bond donors (Lipinski definition) is 2. The van der Waals surface area contributed by atoms with Crippen molar-refractivity contribution in [1.82, 2.24) is 15.5 Å². The van der Waals surface area contributed by atoms with Crippen LogP contribution < -0.4 is 10.6 Å². The van der Waals surface area contributed by atoms with Crippen LogP contribution >= 0.6 is 0 Å². The second-order valence-electron chi connectivity index (χ2n) is 7.88. The van der Waals surface area contributed by atoms with Gasteiger partial charge < -0.3 is 15.5 Å². The number of piperidine rings is 1. The molecule has 0 aliphatic carbocycles. The molecule has 1 aromatic rings. The lowest BCUT2D eigenvalue weighted by molar-refractivity contribution is 0.187. The Morgan fingerprint density at radius 2 is 1.96 bits per heavy atom. The number of aryl methyl sites for hydroxylation is 1. The Bertz CT molecular complexity index is 545. The summed E-state index contributed by atoms with van der Waals surface area (Å²) in [5.41, 5.74) is 2.70. The van der Waals surface area contributed by atoms with Crippen molar-refractivity contribution in [1.29, 1.82) is 0 Å². The van der Waals surface area contributed by atoms with Crippen molar-refractivity contribution < 1.29 is 0 Å². The quantitative estimate of drug-likeness (QED) is 0.614. The zero-order valence-electron chi connectivity index (χ0n) is 16.7. The summed E-state index contributed by atoms with van der Waals surface area (Å²) in [6, 6.07) is 9.30. The van der Waals surface area contributed by atoms with Crippen LogP contribution in [0.25, 0.3) is 0 Å². The molecule has 1 aromatic carbocycles.